The maximum Gasteiger partial charge on any atom is 0.392 e. The number of likely N-dealkylation sites (N-methyl/N-ethyl adjacent to an activating group) is 1. The highest BCUT2D eigenvalue weighted by atomic mass is 19.3. The van der Waals surface area contributed by atoms with Gasteiger partial charge in [-0.05, 0) is 56.3 Å². The van der Waals surface area contributed by atoms with E-state index >= 15 is 0 Å². The second-order valence-corrected chi connectivity index (χ2v) is 11.5. The number of fused-ring (bicyclic) bond motifs is 1. The number of alkyl halides is 2. The number of piperazine rings is 1. The Morgan fingerprint density at radius 2 is 1.84 bits per heavy atom. The van der Waals surface area contributed by atoms with Crippen LogP contribution < -0.4 is 30.2 Å². The lowest BCUT2D eigenvalue weighted by molar-refractivity contribution is -0.233. The normalized spacial score (nSPS) is 19.0. The predicted octanol–water partition coefficient (Wildman–Crippen LogP) is 4.96. The standard InChI is InChI=1S/C31H38F2N8O3/c1-38-13-15-40(16-14-38)24-10-6-7-22(18-24)35-29(42)21-11-12-25(27(17-21)43-3)36-30-34-19-26-28(37-30)41(23-8-4-5-9-23)20-31(32,33)44-39(26)2/h6-7,10-12,17-19,23H,4-5,8-9,13-16,20H2,1-3H3,(H,35,42)(H,34,36,37). The molecule has 234 valence electrons. The number of carbonyl (C=O) groups excluding carboxylic acids is 1. The number of halogens is 2. The Labute approximate surface area is 255 Å². The molecule has 13 heteroatoms. The number of nitrogens with zero attached hydrogens (tertiary/aromatic N) is 6. The van der Waals surface area contributed by atoms with E-state index in [9.17, 15) is 13.6 Å². The summed E-state index contributed by atoms with van der Waals surface area (Å²) in [5.74, 6) is 0.717. The zero-order chi connectivity index (χ0) is 30.8. The van der Waals surface area contributed by atoms with E-state index in [2.05, 4.69) is 43.5 Å². The van der Waals surface area contributed by atoms with Crippen LogP contribution >= 0.6 is 0 Å². The summed E-state index contributed by atoms with van der Waals surface area (Å²) in [5.41, 5.74) is 3.07. The third-order valence-electron chi connectivity index (χ3n) is 8.43. The average molecular weight is 609 g/mol. The first kappa shape index (κ1) is 29.8. The van der Waals surface area contributed by atoms with E-state index in [0.717, 1.165) is 62.6 Å². The molecular weight excluding hydrogens is 570 g/mol. The molecule has 44 heavy (non-hydrogen) atoms. The second-order valence-electron chi connectivity index (χ2n) is 11.5. The molecular formula is C31H38F2N8O3. The van der Waals surface area contributed by atoms with Crippen molar-refractivity contribution in [1.82, 2.24) is 14.9 Å². The number of methoxy groups -OCH3 is 1. The van der Waals surface area contributed by atoms with E-state index < -0.39 is 12.7 Å². The van der Waals surface area contributed by atoms with Crippen LogP contribution in [0, 0.1) is 0 Å². The fraction of sp³-hybridized carbons (Fsp3) is 0.452. The van der Waals surface area contributed by atoms with Gasteiger partial charge in [0.15, 0.2) is 5.82 Å². The van der Waals surface area contributed by atoms with Crippen molar-refractivity contribution in [2.75, 3.05) is 79.4 Å². The predicted molar refractivity (Wildman–Crippen MR) is 166 cm³/mol. The SMILES string of the molecule is COc1cc(C(=O)Nc2cccc(N3CCN(C)CC3)c2)ccc1Nc1ncc2c(n1)N(C1CCCC1)CC(F)(F)ON2C. The van der Waals surface area contributed by atoms with Crippen molar-refractivity contribution in [2.24, 2.45) is 0 Å². The van der Waals surface area contributed by atoms with Gasteiger partial charge in [0.2, 0.25) is 5.95 Å². The van der Waals surface area contributed by atoms with Crippen molar-refractivity contribution in [2.45, 2.75) is 37.8 Å². The number of hydrogen-bond donors (Lipinski definition) is 2. The van der Waals surface area contributed by atoms with Gasteiger partial charge in [-0.15, -0.1) is 0 Å². The molecule has 1 saturated carbocycles. The van der Waals surface area contributed by atoms with E-state index in [0.29, 0.717) is 34.2 Å². The molecule has 11 nitrogen and oxygen atoms in total. The molecule has 0 radical (unpaired) electrons. The van der Waals surface area contributed by atoms with Crippen molar-refractivity contribution >= 4 is 40.4 Å². The van der Waals surface area contributed by atoms with Crippen LogP contribution in [0.3, 0.4) is 0 Å². The molecule has 3 aliphatic rings. The third kappa shape index (κ3) is 6.48. The lowest BCUT2D eigenvalue weighted by Gasteiger charge is -2.34. The van der Waals surface area contributed by atoms with Gasteiger partial charge in [-0.25, -0.2) is 14.9 Å². The summed E-state index contributed by atoms with van der Waals surface area (Å²) in [6.07, 6.45) is 1.67. The summed E-state index contributed by atoms with van der Waals surface area (Å²) in [6, 6.07) is 12.8. The van der Waals surface area contributed by atoms with Crippen molar-refractivity contribution in [1.29, 1.82) is 0 Å². The van der Waals surface area contributed by atoms with E-state index in [1.807, 2.05) is 18.2 Å². The molecule has 0 unspecified atom stereocenters. The zero-order valence-electron chi connectivity index (χ0n) is 25.2. The minimum absolute atomic E-state index is 0.0629. The largest absolute Gasteiger partial charge is 0.495 e. The highest BCUT2D eigenvalue weighted by Gasteiger charge is 2.43. The summed E-state index contributed by atoms with van der Waals surface area (Å²) in [5, 5.41) is 7.16. The molecule has 3 aromatic rings. The third-order valence-corrected chi connectivity index (χ3v) is 8.43. The summed E-state index contributed by atoms with van der Waals surface area (Å²) in [6.45, 7) is 3.25. The van der Waals surface area contributed by atoms with Crippen molar-refractivity contribution in [3.05, 3.63) is 54.2 Å². The monoisotopic (exact) mass is 608 g/mol. The number of carbonyl (C=O) groups is 1. The molecule has 6 rings (SSSR count). The fourth-order valence-electron chi connectivity index (χ4n) is 6.03. The van der Waals surface area contributed by atoms with Crippen LogP contribution in [0.25, 0.3) is 0 Å². The Hall–Kier alpha value is -4.23. The number of ether oxygens (including phenoxy) is 1. The molecule has 0 atom stereocenters. The molecule has 1 aliphatic carbocycles. The lowest BCUT2D eigenvalue weighted by Crippen LogP contribution is -2.44. The van der Waals surface area contributed by atoms with Crippen LogP contribution in [0.1, 0.15) is 36.0 Å². The number of aromatic nitrogens is 2. The minimum atomic E-state index is -3.38. The quantitative estimate of drug-likeness (QED) is 0.383. The lowest BCUT2D eigenvalue weighted by atomic mass is 10.1. The molecule has 1 saturated heterocycles. The summed E-state index contributed by atoms with van der Waals surface area (Å²) < 4.78 is 34.9. The van der Waals surface area contributed by atoms with E-state index in [1.165, 1.54) is 20.4 Å². The van der Waals surface area contributed by atoms with Gasteiger partial charge in [0.05, 0.1) is 19.0 Å². The first-order chi connectivity index (χ1) is 21.2. The van der Waals surface area contributed by atoms with Crippen LogP contribution in [-0.4, -0.2) is 86.9 Å². The number of benzene rings is 2. The van der Waals surface area contributed by atoms with E-state index in [-0.39, 0.29) is 17.9 Å². The Morgan fingerprint density at radius 1 is 1.07 bits per heavy atom. The molecule has 0 bridgehead atoms. The Morgan fingerprint density at radius 3 is 2.59 bits per heavy atom. The zero-order valence-corrected chi connectivity index (χ0v) is 25.2. The minimum Gasteiger partial charge on any atom is -0.495 e. The number of hydroxylamine groups is 1. The molecule has 0 spiro atoms. The molecule has 1 aromatic heterocycles. The van der Waals surface area contributed by atoms with Crippen molar-refractivity contribution in [3.63, 3.8) is 0 Å². The highest BCUT2D eigenvalue weighted by molar-refractivity contribution is 6.05. The molecule has 1 amide bonds. The molecule has 2 aromatic carbocycles. The van der Waals surface area contributed by atoms with E-state index in [1.54, 1.807) is 23.1 Å². The van der Waals surface area contributed by atoms with Gasteiger partial charge in [-0.3, -0.25) is 4.79 Å². The Kier molecular flexibility index (Phi) is 8.41. The summed E-state index contributed by atoms with van der Waals surface area (Å²) in [4.78, 5) is 33.4. The molecule has 2 aliphatic heterocycles. The van der Waals surface area contributed by atoms with Gasteiger partial charge >= 0.3 is 6.11 Å². The Balaban J connectivity index is 1.20. The molecule has 2 N–H and O–H groups in total. The second kappa shape index (κ2) is 12.4. The maximum atomic E-state index is 14.7. The highest BCUT2D eigenvalue weighted by Crippen LogP contribution is 2.40. The van der Waals surface area contributed by atoms with Gasteiger partial charge in [0, 0.05) is 56.2 Å². The van der Waals surface area contributed by atoms with Gasteiger partial charge in [-0.2, -0.15) is 13.8 Å². The van der Waals surface area contributed by atoms with Crippen LogP contribution in [0.4, 0.5) is 43.3 Å². The summed E-state index contributed by atoms with van der Waals surface area (Å²) in [7, 11) is 5.05. The smallest absolute Gasteiger partial charge is 0.392 e. The van der Waals surface area contributed by atoms with Crippen LogP contribution in [0.5, 0.6) is 5.75 Å². The van der Waals surface area contributed by atoms with Gasteiger partial charge in [-0.1, -0.05) is 18.9 Å². The van der Waals surface area contributed by atoms with E-state index in [4.69, 9.17) is 9.57 Å². The van der Waals surface area contributed by atoms with Crippen LogP contribution in [0.15, 0.2) is 48.7 Å². The number of anilines is 6. The van der Waals surface area contributed by atoms with Crippen LogP contribution in [-0.2, 0) is 4.84 Å². The Bertz CT molecular complexity index is 1490. The fourth-order valence-corrected chi connectivity index (χ4v) is 6.03. The van der Waals surface area contributed by atoms with Gasteiger partial charge < -0.3 is 30.1 Å². The number of amides is 1. The summed E-state index contributed by atoms with van der Waals surface area (Å²) >= 11 is 0. The number of hydrogen-bond acceptors (Lipinski definition) is 10. The van der Waals surface area contributed by atoms with Gasteiger partial charge in [0.25, 0.3) is 5.91 Å². The van der Waals surface area contributed by atoms with Crippen molar-refractivity contribution < 1.29 is 23.1 Å². The number of nitrogens with one attached hydrogen (secondary N) is 2. The first-order valence-corrected chi connectivity index (χ1v) is 14.9. The molecule has 2 fully saturated rings. The van der Waals surface area contributed by atoms with Crippen molar-refractivity contribution in [3.8, 4) is 5.75 Å². The maximum absolute atomic E-state index is 14.7. The molecule has 3 heterocycles. The average Bonchev–Trinajstić information content (AvgIpc) is 3.52. The van der Waals surface area contributed by atoms with Crippen LogP contribution in [0.2, 0.25) is 0 Å². The number of rotatable bonds is 7. The van der Waals surface area contributed by atoms with Gasteiger partial charge in [0.1, 0.15) is 18.0 Å². The topological polar surface area (TPSA) is 98.3 Å². The first-order valence-electron chi connectivity index (χ1n) is 14.9.